The number of nitrogens with zero attached hydrogens (tertiary/aromatic N) is 2. The number of carbonyl (C=O) groups is 3. The van der Waals surface area contributed by atoms with Crippen molar-refractivity contribution in [3.05, 3.63) is 66.9 Å². The Hall–Kier alpha value is -2.00. The van der Waals surface area contributed by atoms with Gasteiger partial charge in [-0.15, -0.1) is 0 Å². The molecule has 4 rings (SSSR count). The van der Waals surface area contributed by atoms with Crippen LogP contribution in [-0.2, 0) is 16.2 Å². The van der Waals surface area contributed by atoms with Crippen molar-refractivity contribution in [1.82, 2.24) is 9.80 Å². The van der Waals surface area contributed by atoms with Crippen molar-refractivity contribution in [2.75, 3.05) is 19.6 Å². The zero-order valence-corrected chi connectivity index (χ0v) is 22.0. The molecule has 2 heterocycles. The Labute approximate surface area is 220 Å². The zero-order chi connectivity index (χ0) is 24.2. The van der Waals surface area contributed by atoms with Crippen LogP contribution in [0.5, 0.6) is 5.75 Å². The highest BCUT2D eigenvalue weighted by molar-refractivity contribution is 9.10. The molecule has 0 saturated carbocycles. The second-order valence-electron chi connectivity index (χ2n) is 7.92. The van der Waals surface area contributed by atoms with E-state index < -0.39 is 11.1 Å². The summed E-state index contributed by atoms with van der Waals surface area (Å²) in [5.41, 5.74) is 1.52. The number of carbonyl (C=O) groups excluding carboxylic acids is 3. The van der Waals surface area contributed by atoms with Crippen molar-refractivity contribution < 1.29 is 19.1 Å². The van der Waals surface area contributed by atoms with Gasteiger partial charge < -0.3 is 9.64 Å². The number of imide groups is 1. The largest absolute Gasteiger partial charge is 0.488 e. The Morgan fingerprint density at radius 1 is 1.09 bits per heavy atom. The van der Waals surface area contributed by atoms with Gasteiger partial charge in [-0.1, -0.05) is 35.3 Å². The van der Waals surface area contributed by atoms with Gasteiger partial charge in [-0.25, -0.2) is 0 Å². The van der Waals surface area contributed by atoms with Crippen molar-refractivity contribution in [2.24, 2.45) is 0 Å². The molecule has 2 aromatic carbocycles. The van der Waals surface area contributed by atoms with Gasteiger partial charge in [0.05, 0.1) is 9.38 Å². The number of thioether (sulfide) groups is 1. The van der Waals surface area contributed by atoms with Crippen molar-refractivity contribution in [3.8, 4) is 5.75 Å². The predicted molar refractivity (Wildman–Crippen MR) is 138 cm³/mol. The number of amides is 3. The molecule has 6 nitrogen and oxygen atoms in total. The second kappa shape index (κ2) is 11.2. The van der Waals surface area contributed by atoms with Crippen LogP contribution in [0.1, 0.15) is 30.4 Å². The Kier molecular flexibility index (Phi) is 8.24. The van der Waals surface area contributed by atoms with Crippen LogP contribution in [0.3, 0.4) is 0 Å². The SMILES string of the molecule is O=C(CN1C(=O)S/C(=C\c2ccc(OCc3ccc(Cl)cc3Cl)c(Br)c2)C1=O)N1CCCCC1. The monoisotopic (exact) mass is 582 g/mol. The van der Waals surface area contributed by atoms with Gasteiger partial charge in [-0.05, 0) is 82.9 Å². The molecule has 3 amide bonds. The molecule has 0 bridgehead atoms. The van der Waals surface area contributed by atoms with Gasteiger partial charge >= 0.3 is 0 Å². The van der Waals surface area contributed by atoms with Crippen molar-refractivity contribution in [1.29, 1.82) is 0 Å². The summed E-state index contributed by atoms with van der Waals surface area (Å²) < 4.78 is 6.54. The van der Waals surface area contributed by atoms with E-state index in [1.165, 1.54) is 0 Å². The first-order chi connectivity index (χ1) is 16.3. The van der Waals surface area contributed by atoms with Crippen molar-refractivity contribution >= 4 is 74.0 Å². The van der Waals surface area contributed by atoms with E-state index in [1.807, 2.05) is 0 Å². The van der Waals surface area contributed by atoms with Gasteiger partial charge in [0, 0.05) is 28.7 Å². The quantitative estimate of drug-likeness (QED) is 0.369. The minimum atomic E-state index is -0.450. The van der Waals surface area contributed by atoms with Crippen LogP contribution in [0.4, 0.5) is 4.79 Å². The molecule has 2 aromatic rings. The van der Waals surface area contributed by atoms with E-state index >= 15 is 0 Å². The lowest BCUT2D eigenvalue weighted by Gasteiger charge is -2.27. The van der Waals surface area contributed by atoms with Crippen LogP contribution < -0.4 is 4.74 Å². The van der Waals surface area contributed by atoms with Gasteiger partial charge in [0.2, 0.25) is 5.91 Å². The highest BCUT2D eigenvalue weighted by Gasteiger charge is 2.37. The molecule has 2 aliphatic heterocycles. The van der Waals surface area contributed by atoms with E-state index in [9.17, 15) is 14.4 Å². The normalized spacial score (nSPS) is 17.6. The average Bonchev–Trinajstić information content (AvgIpc) is 3.07. The molecule has 34 heavy (non-hydrogen) atoms. The van der Waals surface area contributed by atoms with Crippen molar-refractivity contribution in [3.63, 3.8) is 0 Å². The molecule has 2 aliphatic rings. The third-order valence-corrected chi connectivity index (χ3v) is 7.64. The zero-order valence-electron chi connectivity index (χ0n) is 18.1. The predicted octanol–water partition coefficient (Wildman–Crippen LogP) is 6.38. The van der Waals surface area contributed by atoms with E-state index in [-0.39, 0.29) is 24.0 Å². The van der Waals surface area contributed by atoms with Crippen LogP contribution in [0.25, 0.3) is 6.08 Å². The molecule has 0 radical (unpaired) electrons. The maximum Gasteiger partial charge on any atom is 0.294 e. The smallest absolute Gasteiger partial charge is 0.294 e. The summed E-state index contributed by atoms with van der Waals surface area (Å²) in [5, 5.41) is 0.648. The standard InChI is InChI=1S/C24H21BrCl2N2O4S/c25-18-10-15(4-7-20(18)33-14-16-5-6-17(26)12-19(16)27)11-21-23(31)29(24(32)34-21)13-22(30)28-8-2-1-3-9-28/h4-7,10-12H,1-3,8-9,13-14H2/b21-11-. The number of hydrogen-bond donors (Lipinski definition) is 0. The van der Waals surface area contributed by atoms with Crippen LogP contribution in [0.2, 0.25) is 10.0 Å². The van der Waals surface area contributed by atoms with Crippen LogP contribution in [-0.4, -0.2) is 46.5 Å². The molecule has 0 spiro atoms. The lowest BCUT2D eigenvalue weighted by molar-refractivity contribution is -0.136. The third-order valence-electron chi connectivity index (χ3n) is 5.53. The summed E-state index contributed by atoms with van der Waals surface area (Å²) in [5.74, 6) is -0.0362. The molecule has 10 heteroatoms. The number of piperidine rings is 1. The molecule has 178 valence electrons. The molecule has 2 saturated heterocycles. The Morgan fingerprint density at radius 3 is 2.56 bits per heavy atom. The summed E-state index contributed by atoms with van der Waals surface area (Å²) in [6, 6.07) is 10.6. The average molecular weight is 584 g/mol. The number of likely N-dealkylation sites (tertiary alicyclic amines) is 1. The summed E-state index contributed by atoms with van der Waals surface area (Å²) in [7, 11) is 0. The molecule has 0 aliphatic carbocycles. The maximum absolute atomic E-state index is 12.8. The summed E-state index contributed by atoms with van der Waals surface area (Å²) >= 11 is 16.5. The fourth-order valence-electron chi connectivity index (χ4n) is 3.68. The van der Waals surface area contributed by atoms with Crippen LogP contribution >= 0.6 is 50.9 Å². The number of rotatable bonds is 6. The molecule has 0 aromatic heterocycles. The van der Waals surface area contributed by atoms with Gasteiger partial charge in [0.1, 0.15) is 18.9 Å². The molecule has 2 fully saturated rings. The first kappa shape index (κ1) is 25.1. The molecule has 0 atom stereocenters. The lowest BCUT2D eigenvalue weighted by atomic mass is 10.1. The Morgan fingerprint density at radius 2 is 1.85 bits per heavy atom. The van der Waals surface area contributed by atoms with E-state index in [2.05, 4.69) is 15.9 Å². The van der Waals surface area contributed by atoms with Gasteiger partial charge in [0.15, 0.2) is 0 Å². The van der Waals surface area contributed by atoms with Gasteiger partial charge in [0.25, 0.3) is 11.1 Å². The minimum Gasteiger partial charge on any atom is -0.488 e. The molecule has 0 N–H and O–H groups in total. The van der Waals surface area contributed by atoms with Crippen molar-refractivity contribution in [2.45, 2.75) is 25.9 Å². The maximum atomic E-state index is 12.8. The van der Waals surface area contributed by atoms with Gasteiger partial charge in [-0.3, -0.25) is 19.3 Å². The lowest BCUT2D eigenvalue weighted by Crippen LogP contribution is -2.44. The number of halogens is 3. The Balaban J connectivity index is 1.41. The Bertz CT molecular complexity index is 1170. The number of ether oxygens (including phenoxy) is 1. The van der Waals surface area contributed by atoms with E-state index in [1.54, 1.807) is 47.4 Å². The minimum absolute atomic E-state index is 0.187. The molecule has 0 unspecified atom stereocenters. The van der Waals surface area contributed by atoms with Crippen LogP contribution in [0.15, 0.2) is 45.8 Å². The van der Waals surface area contributed by atoms with Crippen LogP contribution in [0, 0.1) is 0 Å². The topological polar surface area (TPSA) is 66.9 Å². The number of hydrogen-bond acceptors (Lipinski definition) is 5. The third kappa shape index (κ3) is 5.97. The summed E-state index contributed by atoms with van der Waals surface area (Å²) in [6.45, 7) is 1.40. The summed E-state index contributed by atoms with van der Waals surface area (Å²) in [6.07, 6.45) is 4.65. The highest BCUT2D eigenvalue weighted by Crippen LogP contribution is 2.34. The molecular weight excluding hydrogens is 563 g/mol. The second-order valence-corrected chi connectivity index (χ2v) is 10.6. The summed E-state index contributed by atoms with van der Waals surface area (Å²) in [4.78, 5) is 40.7. The van der Waals surface area contributed by atoms with E-state index in [0.717, 1.165) is 47.1 Å². The van der Waals surface area contributed by atoms with E-state index in [4.69, 9.17) is 27.9 Å². The first-order valence-corrected chi connectivity index (χ1v) is 13.1. The van der Waals surface area contributed by atoms with Gasteiger partial charge in [-0.2, -0.15) is 0 Å². The molecular formula is C24H21BrCl2N2O4S. The van der Waals surface area contributed by atoms with E-state index in [0.29, 0.717) is 33.4 Å². The highest BCUT2D eigenvalue weighted by atomic mass is 79.9. The number of benzene rings is 2. The first-order valence-electron chi connectivity index (χ1n) is 10.7. The fraction of sp³-hybridized carbons (Fsp3) is 0.292. The fourth-order valence-corrected chi connectivity index (χ4v) is 5.50.